The maximum atomic E-state index is 12.3. The molecule has 0 atom stereocenters. The van der Waals surface area contributed by atoms with Crippen LogP contribution in [-0.4, -0.2) is 27.7 Å². The van der Waals surface area contributed by atoms with E-state index in [1.165, 1.54) is 0 Å². The third-order valence-corrected chi connectivity index (χ3v) is 6.35. The minimum absolute atomic E-state index is 0.229. The Bertz CT molecular complexity index is 565. The van der Waals surface area contributed by atoms with Gasteiger partial charge >= 0.3 is 0 Å². The number of sulfonamides is 1. The average Bonchev–Trinajstić information content (AvgIpc) is 2.31. The Balaban J connectivity index is 2.16. The van der Waals surface area contributed by atoms with Crippen molar-refractivity contribution in [3.05, 3.63) is 27.1 Å². The summed E-state index contributed by atoms with van der Waals surface area (Å²) in [4.78, 5) is 0.229. The van der Waals surface area contributed by atoms with Crippen LogP contribution < -0.4 is 4.72 Å². The standard InChI is InChI=1S/C12H15Br2NO3S/c1-18-12(5-2-6-12)8-15-19(16,17)11-7-9(13)3-4-10(11)14/h3-4,7,15H,2,5-6,8H2,1H3. The van der Waals surface area contributed by atoms with Crippen molar-refractivity contribution in [3.63, 3.8) is 0 Å². The number of hydrogen-bond acceptors (Lipinski definition) is 3. The molecule has 1 fully saturated rings. The zero-order valence-corrected chi connectivity index (χ0v) is 14.4. The second-order valence-corrected chi connectivity index (χ2v) is 8.15. The lowest BCUT2D eigenvalue weighted by atomic mass is 9.80. The maximum Gasteiger partial charge on any atom is 0.241 e. The van der Waals surface area contributed by atoms with E-state index in [1.54, 1.807) is 25.3 Å². The summed E-state index contributed by atoms with van der Waals surface area (Å²) in [5.74, 6) is 0. The Morgan fingerprint density at radius 2 is 2.05 bits per heavy atom. The highest BCUT2D eigenvalue weighted by molar-refractivity contribution is 9.11. The van der Waals surface area contributed by atoms with E-state index in [2.05, 4.69) is 36.6 Å². The summed E-state index contributed by atoms with van der Waals surface area (Å²) in [5, 5.41) is 0. The van der Waals surface area contributed by atoms with Crippen LogP contribution in [0.5, 0.6) is 0 Å². The number of nitrogens with one attached hydrogen (secondary N) is 1. The summed E-state index contributed by atoms with van der Waals surface area (Å²) >= 11 is 6.54. The summed E-state index contributed by atoms with van der Waals surface area (Å²) in [5.41, 5.74) is -0.328. The topological polar surface area (TPSA) is 55.4 Å². The normalized spacial score (nSPS) is 18.1. The van der Waals surface area contributed by atoms with Crippen LogP contribution in [0, 0.1) is 0 Å². The molecule has 0 bridgehead atoms. The highest BCUT2D eigenvalue weighted by Crippen LogP contribution is 2.35. The molecule has 0 amide bonds. The molecule has 2 rings (SSSR count). The van der Waals surface area contributed by atoms with Crippen LogP contribution in [0.25, 0.3) is 0 Å². The highest BCUT2D eigenvalue weighted by Gasteiger charge is 2.38. The van der Waals surface area contributed by atoms with Crippen molar-refractivity contribution in [3.8, 4) is 0 Å². The van der Waals surface area contributed by atoms with E-state index in [9.17, 15) is 8.42 Å². The fourth-order valence-electron chi connectivity index (χ4n) is 2.01. The predicted octanol–water partition coefficient (Wildman–Crippen LogP) is 3.06. The monoisotopic (exact) mass is 411 g/mol. The van der Waals surface area contributed by atoms with E-state index in [0.717, 1.165) is 23.7 Å². The summed E-state index contributed by atoms with van der Waals surface area (Å²) < 4.78 is 33.9. The fourth-order valence-corrected chi connectivity index (χ4v) is 4.63. The van der Waals surface area contributed by atoms with Crippen LogP contribution in [-0.2, 0) is 14.8 Å². The third kappa shape index (κ3) is 3.39. The molecule has 0 unspecified atom stereocenters. The molecule has 19 heavy (non-hydrogen) atoms. The molecule has 0 aliphatic heterocycles. The van der Waals surface area contributed by atoms with Crippen molar-refractivity contribution in [1.82, 2.24) is 4.72 Å². The molecule has 1 saturated carbocycles. The van der Waals surface area contributed by atoms with Crippen LogP contribution in [0.1, 0.15) is 19.3 Å². The van der Waals surface area contributed by atoms with Crippen LogP contribution in [0.3, 0.4) is 0 Å². The molecule has 0 heterocycles. The van der Waals surface area contributed by atoms with Crippen molar-refractivity contribution in [2.24, 2.45) is 0 Å². The van der Waals surface area contributed by atoms with Gasteiger partial charge in [0.05, 0.1) is 10.5 Å². The molecule has 1 aromatic carbocycles. The molecule has 1 aliphatic rings. The van der Waals surface area contributed by atoms with Gasteiger partial charge in [0.2, 0.25) is 10.0 Å². The lowest BCUT2D eigenvalue weighted by Crippen LogP contribution is -2.49. The number of hydrogen-bond donors (Lipinski definition) is 1. The number of methoxy groups -OCH3 is 1. The molecule has 1 aliphatic carbocycles. The summed E-state index contributed by atoms with van der Waals surface area (Å²) in [6, 6.07) is 5.06. The Kier molecular flexibility index (Phi) is 4.72. The Labute approximate surface area is 130 Å². The van der Waals surface area contributed by atoms with Crippen molar-refractivity contribution >= 4 is 41.9 Å². The summed E-state index contributed by atoms with van der Waals surface area (Å²) in [6.07, 6.45) is 2.87. The van der Waals surface area contributed by atoms with E-state index in [0.29, 0.717) is 11.0 Å². The number of ether oxygens (including phenoxy) is 1. The minimum atomic E-state index is -3.54. The van der Waals surface area contributed by atoms with Crippen LogP contribution in [0.4, 0.5) is 0 Å². The lowest BCUT2D eigenvalue weighted by Gasteiger charge is -2.40. The first kappa shape index (κ1) is 15.4. The number of rotatable bonds is 5. The number of benzene rings is 1. The van der Waals surface area contributed by atoms with Gasteiger partial charge in [0, 0.05) is 22.6 Å². The van der Waals surface area contributed by atoms with Gasteiger partial charge in [-0.1, -0.05) is 15.9 Å². The molecule has 1 N–H and O–H groups in total. The van der Waals surface area contributed by atoms with Gasteiger partial charge < -0.3 is 4.74 Å². The molecule has 0 saturated heterocycles. The number of halogens is 2. The van der Waals surface area contributed by atoms with Crippen LogP contribution >= 0.6 is 31.9 Å². The molecule has 1 aromatic rings. The quantitative estimate of drug-likeness (QED) is 0.808. The van der Waals surface area contributed by atoms with Gasteiger partial charge in [-0.05, 0) is 53.4 Å². The molecular weight excluding hydrogens is 398 g/mol. The van der Waals surface area contributed by atoms with E-state index >= 15 is 0 Å². The van der Waals surface area contributed by atoms with Gasteiger partial charge in [-0.15, -0.1) is 0 Å². The van der Waals surface area contributed by atoms with Gasteiger partial charge in [-0.3, -0.25) is 0 Å². The highest BCUT2D eigenvalue weighted by atomic mass is 79.9. The molecule has 0 spiro atoms. The van der Waals surface area contributed by atoms with Crippen molar-refractivity contribution in [2.45, 2.75) is 29.8 Å². The third-order valence-electron chi connectivity index (χ3n) is 3.46. The van der Waals surface area contributed by atoms with Gasteiger partial charge in [0.1, 0.15) is 0 Å². The summed E-state index contributed by atoms with van der Waals surface area (Å²) in [6.45, 7) is 0.310. The molecule has 106 valence electrons. The summed E-state index contributed by atoms with van der Waals surface area (Å²) in [7, 11) is -1.91. The zero-order valence-electron chi connectivity index (χ0n) is 10.4. The Morgan fingerprint density at radius 3 is 2.58 bits per heavy atom. The second kappa shape index (κ2) is 5.81. The first-order valence-electron chi connectivity index (χ1n) is 5.88. The van der Waals surface area contributed by atoms with Crippen molar-refractivity contribution in [1.29, 1.82) is 0 Å². The minimum Gasteiger partial charge on any atom is -0.377 e. The van der Waals surface area contributed by atoms with Crippen LogP contribution in [0.15, 0.2) is 32.0 Å². The lowest BCUT2D eigenvalue weighted by molar-refractivity contribution is -0.0659. The fraction of sp³-hybridized carbons (Fsp3) is 0.500. The maximum absolute atomic E-state index is 12.3. The molecular formula is C12H15Br2NO3S. The van der Waals surface area contributed by atoms with Crippen molar-refractivity contribution in [2.75, 3.05) is 13.7 Å². The van der Waals surface area contributed by atoms with E-state index in [1.807, 2.05) is 0 Å². The Hall–Kier alpha value is 0.0500. The Morgan fingerprint density at radius 1 is 1.37 bits per heavy atom. The second-order valence-electron chi connectivity index (χ2n) is 4.64. The molecule has 0 aromatic heterocycles. The molecule has 7 heteroatoms. The smallest absolute Gasteiger partial charge is 0.241 e. The zero-order chi connectivity index (χ0) is 14.1. The van der Waals surface area contributed by atoms with Gasteiger partial charge in [0.25, 0.3) is 0 Å². The van der Waals surface area contributed by atoms with E-state index < -0.39 is 10.0 Å². The SMILES string of the molecule is COC1(CNS(=O)(=O)c2cc(Br)ccc2Br)CCC1. The average molecular weight is 413 g/mol. The van der Waals surface area contributed by atoms with E-state index in [-0.39, 0.29) is 10.5 Å². The van der Waals surface area contributed by atoms with Gasteiger partial charge in [-0.2, -0.15) is 0 Å². The first-order chi connectivity index (χ1) is 8.88. The predicted molar refractivity (Wildman–Crippen MR) is 80.6 cm³/mol. The van der Waals surface area contributed by atoms with Crippen molar-refractivity contribution < 1.29 is 13.2 Å². The molecule has 4 nitrogen and oxygen atoms in total. The van der Waals surface area contributed by atoms with Gasteiger partial charge in [-0.25, -0.2) is 13.1 Å². The largest absolute Gasteiger partial charge is 0.377 e. The first-order valence-corrected chi connectivity index (χ1v) is 8.95. The molecule has 0 radical (unpaired) electrons. The van der Waals surface area contributed by atoms with E-state index in [4.69, 9.17) is 4.74 Å². The van der Waals surface area contributed by atoms with Gasteiger partial charge in [0.15, 0.2) is 0 Å². The van der Waals surface area contributed by atoms with Crippen LogP contribution in [0.2, 0.25) is 0 Å².